The first kappa shape index (κ1) is 15.4. The van der Waals surface area contributed by atoms with Gasteiger partial charge in [0.15, 0.2) is 0 Å². The molecule has 7 heteroatoms. The van der Waals surface area contributed by atoms with Gasteiger partial charge in [-0.3, -0.25) is 4.79 Å². The number of carbonyl (C=O) groups is 2. The molecular weight excluding hydrogens is 266 g/mol. The first-order chi connectivity index (χ1) is 8.97. The molecule has 0 aliphatic rings. The van der Waals surface area contributed by atoms with Crippen molar-refractivity contribution in [2.45, 2.75) is 26.7 Å². The lowest BCUT2D eigenvalue weighted by molar-refractivity contribution is -0.137. The predicted molar refractivity (Wildman–Crippen MR) is 73.4 cm³/mol. The molecule has 19 heavy (non-hydrogen) atoms. The maximum atomic E-state index is 11.4. The highest BCUT2D eigenvalue weighted by molar-refractivity contribution is 7.09. The zero-order valence-electron chi connectivity index (χ0n) is 11.1. The van der Waals surface area contributed by atoms with Crippen LogP contribution in [0.3, 0.4) is 0 Å². The van der Waals surface area contributed by atoms with Crippen LogP contribution < -0.4 is 10.6 Å². The molecule has 6 nitrogen and oxygen atoms in total. The number of amides is 2. The largest absolute Gasteiger partial charge is 0.481 e. The van der Waals surface area contributed by atoms with E-state index in [0.717, 1.165) is 10.7 Å². The molecule has 2 amide bonds. The van der Waals surface area contributed by atoms with Crippen LogP contribution in [0.4, 0.5) is 4.79 Å². The zero-order chi connectivity index (χ0) is 14.3. The molecule has 0 fully saturated rings. The molecule has 1 rings (SSSR count). The molecule has 0 radical (unpaired) electrons. The molecule has 0 saturated heterocycles. The summed E-state index contributed by atoms with van der Waals surface area (Å²) in [6.45, 7) is 4.60. The Morgan fingerprint density at radius 3 is 2.79 bits per heavy atom. The van der Waals surface area contributed by atoms with Crippen molar-refractivity contribution in [1.82, 2.24) is 15.6 Å². The molecule has 1 unspecified atom stereocenters. The Morgan fingerprint density at radius 1 is 1.47 bits per heavy atom. The number of carboxylic acid groups (broad SMARTS) is 1. The van der Waals surface area contributed by atoms with Crippen molar-refractivity contribution in [2.75, 3.05) is 13.1 Å². The monoisotopic (exact) mass is 285 g/mol. The fourth-order valence-corrected chi connectivity index (χ4v) is 2.17. The number of nitrogens with zero attached hydrogens (tertiary/aromatic N) is 1. The molecule has 0 aliphatic heterocycles. The van der Waals surface area contributed by atoms with Gasteiger partial charge in [0, 0.05) is 31.3 Å². The van der Waals surface area contributed by atoms with Crippen LogP contribution in [0, 0.1) is 12.8 Å². The van der Waals surface area contributed by atoms with E-state index in [1.54, 1.807) is 18.3 Å². The lowest BCUT2D eigenvalue weighted by Crippen LogP contribution is -2.39. The van der Waals surface area contributed by atoms with E-state index < -0.39 is 5.97 Å². The highest BCUT2D eigenvalue weighted by Gasteiger charge is 2.09. The van der Waals surface area contributed by atoms with Crippen LogP contribution in [-0.4, -0.2) is 35.2 Å². The van der Waals surface area contributed by atoms with E-state index in [9.17, 15) is 9.59 Å². The Labute approximate surface area is 116 Å². The van der Waals surface area contributed by atoms with E-state index >= 15 is 0 Å². The standard InChI is InChI=1S/C12H19N3O3S/c1-8(5-11(16)17)6-14-12(18)13-4-3-10-7-19-9(2)15-10/h7-8H,3-6H2,1-2H3,(H,16,17)(H2,13,14,18). The van der Waals surface area contributed by atoms with Crippen LogP contribution in [0.1, 0.15) is 24.0 Å². The van der Waals surface area contributed by atoms with Crippen molar-refractivity contribution in [3.8, 4) is 0 Å². The molecular formula is C12H19N3O3S. The number of carboxylic acids is 1. The highest BCUT2D eigenvalue weighted by atomic mass is 32.1. The third-order valence-corrected chi connectivity index (χ3v) is 3.29. The third kappa shape index (κ3) is 6.76. The number of hydrogen-bond acceptors (Lipinski definition) is 4. The molecule has 0 spiro atoms. The Kier molecular flexibility index (Phi) is 6.27. The third-order valence-electron chi connectivity index (χ3n) is 2.47. The lowest BCUT2D eigenvalue weighted by atomic mass is 10.1. The minimum absolute atomic E-state index is 0.0539. The number of aliphatic carboxylic acids is 1. The summed E-state index contributed by atoms with van der Waals surface area (Å²) in [5.41, 5.74) is 0.974. The average Bonchev–Trinajstić information content (AvgIpc) is 2.71. The first-order valence-electron chi connectivity index (χ1n) is 6.12. The lowest BCUT2D eigenvalue weighted by Gasteiger charge is -2.11. The quantitative estimate of drug-likeness (QED) is 0.706. The molecule has 1 aromatic rings. The van der Waals surface area contributed by atoms with Gasteiger partial charge in [0.2, 0.25) is 0 Å². The Hall–Kier alpha value is -1.63. The van der Waals surface area contributed by atoms with Crippen molar-refractivity contribution in [1.29, 1.82) is 0 Å². The fourth-order valence-electron chi connectivity index (χ4n) is 1.53. The van der Waals surface area contributed by atoms with Crippen molar-refractivity contribution in [3.63, 3.8) is 0 Å². The van der Waals surface area contributed by atoms with Crippen molar-refractivity contribution in [3.05, 3.63) is 16.1 Å². The number of aromatic nitrogens is 1. The van der Waals surface area contributed by atoms with Gasteiger partial charge < -0.3 is 15.7 Å². The van der Waals surface area contributed by atoms with Crippen molar-refractivity contribution in [2.24, 2.45) is 5.92 Å². The number of nitrogens with one attached hydrogen (secondary N) is 2. The molecule has 1 atom stereocenters. The van der Waals surface area contributed by atoms with E-state index in [4.69, 9.17) is 5.11 Å². The molecule has 3 N–H and O–H groups in total. The van der Waals surface area contributed by atoms with Gasteiger partial charge in [-0.25, -0.2) is 9.78 Å². The molecule has 0 aliphatic carbocycles. The summed E-state index contributed by atoms with van der Waals surface area (Å²) in [5.74, 6) is -0.932. The summed E-state index contributed by atoms with van der Waals surface area (Å²) in [6.07, 6.45) is 0.751. The van der Waals surface area contributed by atoms with Gasteiger partial charge in [0.25, 0.3) is 0 Å². The Balaban J connectivity index is 2.12. The van der Waals surface area contributed by atoms with Crippen LogP contribution in [0.25, 0.3) is 0 Å². The van der Waals surface area contributed by atoms with Gasteiger partial charge in [0.05, 0.1) is 10.7 Å². The number of aryl methyl sites for hydroxylation is 1. The van der Waals surface area contributed by atoms with Gasteiger partial charge in [-0.1, -0.05) is 6.92 Å². The van der Waals surface area contributed by atoms with E-state index in [1.165, 1.54) is 0 Å². The Morgan fingerprint density at radius 2 is 2.21 bits per heavy atom. The predicted octanol–water partition coefficient (Wildman–Crippen LogP) is 1.40. The van der Waals surface area contributed by atoms with E-state index in [2.05, 4.69) is 15.6 Å². The van der Waals surface area contributed by atoms with Gasteiger partial charge in [-0.2, -0.15) is 0 Å². The van der Waals surface area contributed by atoms with Gasteiger partial charge in [-0.15, -0.1) is 11.3 Å². The van der Waals surface area contributed by atoms with Crippen LogP contribution >= 0.6 is 11.3 Å². The topological polar surface area (TPSA) is 91.3 Å². The number of carbonyl (C=O) groups excluding carboxylic acids is 1. The number of hydrogen-bond donors (Lipinski definition) is 3. The normalized spacial score (nSPS) is 11.9. The van der Waals surface area contributed by atoms with Gasteiger partial charge in [-0.05, 0) is 12.8 Å². The number of rotatable bonds is 7. The average molecular weight is 285 g/mol. The van der Waals surface area contributed by atoms with E-state index in [1.807, 2.05) is 12.3 Å². The maximum absolute atomic E-state index is 11.4. The second-order valence-corrected chi connectivity index (χ2v) is 5.51. The molecule has 0 saturated carbocycles. The molecule has 0 aromatic carbocycles. The number of urea groups is 1. The summed E-state index contributed by atoms with van der Waals surface area (Å²) in [4.78, 5) is 26.2. The number of thiazole rings is 1. The van der Waals surface area contributed by atoms with Crippen LogP contribution in [0.2, 0.25) is 0 Å². The van der Waals surface area contributed by atoms with Crippen LogP contribution in [-0.2, 0) is 11.2 Å². The van der Waals surface area contributed by atoms with E-state index in [-0.39, 0.29) is 18.4 Å². The highest BCUT2D eigenvalue weighted by Crippen LogP contribution is 2.07. The molecule has 1 heterocycles. The maximum Gasteiger partial charge on any atom is 0.314 e. The summed E-state index contributed by atoms with van der Waals surface area (Å²) < 4.78 is 0. The van der Waals surface area contributed by atoms with Gasteiger partial charge >= 0.3 is 12.0 Å². The summed E-state index contributed by atoms with van der Waals surface area (Å²) in [7, 11) is 0. The Bertz CT molecular complexity index is 434. The van der Waals surface area contributed by atoms with Gasteiger partial charge in [0.1, 0.15) is 0 Å². The van der Waals surface area contributed by atoms with Crippen LogP contribution in [0.15, 0.2) is 5.38 Å². The zero-order valence-corrected chi connectivity index (χ0v) is 11.9. The smallest absolute Gasteiger partial charge is 0.314 e. The van der Waals surface area contributed by atoms with Crippen molar-refractivity contribution >= 4 is 23.3 Å². The second-order valence-electron chi connectivity index (χ2n) is 4.45. The second kappa shape index (κ2) is 7.73. The fraction of sp³-hybridized carbons (Fsp3) is 0.583. The molecule has 1 aromatic heterocycles. The SMILES string of the molecule is Cc1nc(CCNC(=O)NCC(C)CC(=O)O)cs1. The molecule has 106 valence electrons. The summed E-state index contributed by atoms with van der Waals surface area (Å²) >= 11 is 1.59. The first-order valence-corrected chi connectivity index (χ1v) is 7.00. The summed E-state index contributed by atoms with van der Waals surface area (Å²) in [6, 6.07) is -0.274. The molecule has 0 bridgehead atoms. The van der Waals surface area contributed by atoms with E-state index in [0.29, 0.717) is 19.5 Å². The minimum Gasteiger partial charge on any atom is -0.481 e. The minimum atomic E-state index is -0.853. The summed E-state index contributed by atoms with van der Waals surface area (Å²) in [5, 5.41) is 16.9. The van der Waals surface area contributed by atoms with Crippen molar-refractivity contribution < 1.29 is 14.7 Å². The van der Waals surface area contributed by atoms with Crippen LogP contribution in [0.5, 0.6) is 0 Å².